The first-order valence-corrected chi connectivity index (χ1v) is 10.3. The van der Waals surface area contributed by atoms with E-state index >= 15 is 4.39 Å². The van der Waals surface area contributed by atoms with Crippen LogP contribution in [-0.4, -0.2) is 10.9 Å². The molecule has 1 heterocycles. The van der Waals surface area contributed by atoms with E-state index in [1.807, 2.05) is 54.6 Å². The van der Waals surface area contributed by atoms with Crippen LogP contribution in [0.5, 0.6) is 0 Å². The maximum Gasteiger partial charge on any atom is 0.221 e. The Kier molecular flexibility index (Phi) is 5.66. The maximum atomic E-state index is 15.3. The number of nitrogens with one attached hydrogen (secondary N) is 2. The molecule has 0 aliphatic carbocycles. The zero-order valence-electron chi connectivity index (χ0n) is 17.3. The molecule has 4 aromatic rings. The molecule has 4 rings (SSSR count). The largest absolute Gasteiger partial charge is 0.352 e. The highest BCUT2D eigenvalue weighted by Crippen LogP contribution is 2.32. The molecule has 0 radical (unpaired) electrons. The molecule has 152 valence electrons. The van der Waals surface area contributed by atoms with Gasteiger partial charge in [-0.25, -0.2) is 4.39 Å². The molecular formula is C26H25FN2O. The minimum Gasteiger partial charge on any atom is -0.352 e. The Morgan fingerprint density at radius 3 is 2.33 bits per heavy atom. The number of hydrogen-bond donors (Lipinski definition) is 2. The summed E-state index contributed by atoms with van der Waals surface area (Å²) in [5, 5.41) is 3.58. The number of amides is 1. The molecule has 30 heavy (non-hydrogen) atoms. The molecule has 0 bridgehead atoms. The van der Waals surface area contributed by atoms with E-state index in [0.717, 1.165) is 47.2 Å². The van der Waals surface area contributed by atoms with Crippen LogP contribution in [0.1, 0.15) is 32.3 Å². The number of benzene rings is 3. The van der Waals surface area contributed by atoms with Crippen molar-refractivity contribution in [1.29, 1.82) is 0 Å². The van der Waals surface area contributed by atoms with Crippen molar-refractivity contribution < 1.29 is 9.18 Å². The molecule has 0 atom stereocenters. The molecule has 0 aliphatic rings. The van der Waals surface area contributed by atoms with E-state index in [2.05, 4.69) is 29.4 Å². The van der Waals surface area contributed by atoms with Crippen LogP contribution in [0, 0.1) is 5.82 Å². The number of fused-ring (bicyclic) bond motifs is 1. The second-order valence-corrected chi connectivity index (χ2v) is 7.63. The number of carbonyl (C=O) groups is 1. The normalized spacial score (nSPS) is 11.0. The third-order valence-electron chi connectivity index (χ3n) is 5.33. The Labute approximate surface area is 176 Å². The summed E-state index contributed by atoms with van der Waals surface area (Å²) in [5.74, 6) is -0.351. The molecular weight excluding hydrogens is 375 g/mol. The first-order valence-electron chi connectivity index (χ1n) is 10.3. The van der Waals surface area contributed by atoms with Crippen LogP contribution in [-0.2, 0) is 11.2 Å². The number of rotatable bonds is 6. The molecule has 0 spiro atoms. The molecule has 1 aromatic heterocycles. The number of aromatic nitrogens is 1. The number of halogens is 1. The standard InChI is InChI=1S/C26H25FN2O/c1-3-4-5-18-6-8-19(9-7-18)23-15-12-21-16-24(29-26(21)25(23)27)20-10-13-22(14-11-20)28-17(2)30/h6-16,29H,3-5H2,1-2H3,(H,28,30). The molecule has 3 aromatic carbocycles. The predicted molar refractivity (Wildman–Crippen MR) is 122 cm³/mol. The van der Waals surface area contributed by atoms with Crippen molar-refractivity contribution >= 4 is 22.5 Å². The second kappa shape index (κ2) is 8.54. The van der Waals surface area contributed by atoms with Crippen molar-refractivity contribution in [2.45, 2.75) is 33.1 Å². The fourth-order valence-electron chi connectivity index (χ4n) is 3.71. The smallest absolute Gasteiger partial charge is 0.221 e. The first kappa shape index (κ1) is 19.9. The van der Waals surface area contributed by atoms with Crippen molar-refractivity contribution in [3.05, 3.63) is 78.1 Å². The first-order chi connectivity index (χ1) is 14.5. The Hall–Kier alpha value is -3.40. The van der Waals surface area contributed by atoms with Crippen LogP contribution in [0.2, 0.25) is 0 Å². The summed E-state index contributed by atoms with van der Waals surface area (Å²) < 4.78 is 15.3. The molecule has 2 N–H and O–H groups in total. The zero-order valence-corrected chi connectivity index (χ0v) is 17.3. The van der Waals surface area contributed by atoms with Gasteiger partial charge in [0, 0.05) is 29.3 Å². The van der Waals surface area contributed by atoms with Gasteiger partial charge in [0.1, 0.15) is 0 Å². The Morgan fingerprint density at radius 2 is 1.67 bits per heavy atom. The monoisotopic (exact) mass is 400 g/mol. The average Bonchev–Trinajstić information content (AvgIpc) is 3.18. The van der Waals surface area contributed by atoms with E-state index < -0.39 is 0 Å². The van der Waals surface area contributed by atoms with E-state index in [-0.39, 0.29) is 11.7 Å². The lowest BCUT2D eigenvalue weighted by Gasteiger charge is -2.06. The number of hydrogen-bond acceptors (Lipinski definition) is 1. The van der Waals surface area contributed by atoms with Gasteiger partial charge in [0.05, 0.1) is 5.52 Å². The van der Waals surface area contributed by atoms with Gasteiger partial charge in [0.2, 0.25) is 5.91 Å². The van der Waals surface area contributed by atoms with Gasteiger partial charge in [-0.05, 0) is 47.7 Å². The highest BCUT2D eigenvalue weighted by atomic mass is 19.1. The predicted octanol–water partition coefficient (Wildman–Crippen LogP) is 6.94. The van der Waals surface area contributed by atoms with Crippen LogP contribution in [0.15, 0.2) is 66.7 Å². The van der Waals surface area contributed by atoms with Gasteiger partial charge in [-0.1, -0.05) is 61.9 Å². The van der Waals surface area contributed by atoms with Crippen LogP contribution in [0.3, 0.4) is 0 Å². The third kappa shape index (κ3) is 4.13. The summed E-state index contributed by atoms with van der Waals surface area (Å²) in [7, 11) is 0. The Bertz CT molecular complexity index is 1170. The zero-order chi connectivity index (χ0) is 21.1. The molecule has 0 saturated carbocycles. The molecule has 0 fully saturated rings. The van der Waals surface area contributed by atoms with E-state index in [4.69, 9.17) is 0 Å². The highest BCUT2D eigenvalue weighted by Gasteiger charge is 2.13. The van der Waals surface area contributed by atoms with Crippen LogP contribution < -0.4 is 5.32 Å². The van der Waals surface area contributed by atoms with Gasteiger partial charge >= 0.3 is 0 Å². The third-order valence-corrected chi connectivity index (χ3v) is 5.33. The van der Waals surface area contributed by atoms with Crippen LogP contribution >= 0.6 is 0 Å². The van der Waals surface area contributed by atoms with Gasteiger partial charge in [-0.3, -0.25) is 4.79 Å². The number of H-pyrrole nitrogens is 1. The lowest BCUT2D eigenvalue weighted by atomic mass is 10.0. The Balaban J connectivity index is 1.64. The maximum absolute atomic E-state index is 15.3. The lowest BCUT2D eigenvalue weighted by molar-refractivity contribution is -0.114. The lowest BCUT2D eigenvalue weighted by Crippen LogP contribution is -2.05. The van der Waals surface area contributed by atoms with Gasteiger partial charge in [0.15, 0.2) is 5.82 Å². The average molecular weight is 400 g/mol. The molecule has 0 aliphatic heterocycles. The summed E-state index contributed by atoms with van der Waals surface area (Å²) in [4.78, 5) is 14.4. The number of aromatic amines is 1. The summed E-state index contributed by atoms with van der Waals surface area (Å²) in [6, 6.07) is 21.4. The number of unbranched alkanes of at least 4 members (excludes halogenated alkanes) is 1. The Morgan fingerprint density at radius 1 is 0.967 bits per heavy atom. The van der Waals surface area contributed by atoms with E-state index in [0.29, 0.717) is 11.1 Å². The van der Waals surface area contributed by atoms with E-state index in [1.54, 1.807) is 0 Å². The molecule has 1 amide bonds. The fraction of sp³-hybridized carbons (Fsp3) is 0.192. The van der Waals surface area contributed by atoms with Crippen LogP contribution in [0.25, 0.3) is 33.3 Å². The van der Waals surface area contributed by atoms with Gasteiger partial charge in [-0.2, -0.15) is 0 Å². The number of anilines is 1. The minimum atomic E-state index is -0.241. The molecule has 3 nitrogen and oxygen atoms in total. The number of aryl methyl sites for hydroxylation is 1. The van der Waals surface area contributed by atoms with Crippen molar-refractivity contribution in [3.63, 3.8) is 0 Å². The van der Waals surface area contributed by atoms with Gasteiger partial charge < -0.3 is 10.3 Å². The topological polar surface area (TPSA) is 44.9 Å². The molecule has 0 unspecified atom stereocenters. The van der Waals surface area contributed by atoms with Crippen LogP contribution in [0.4, 0.5) is 10.1 Å². The molecule has 4 heteroatoms. The van der Waals surface area contributed by atoms with Crippen molar-refractivity contribution in [1.82, 2.24) is 4.98 Å². The SMILES string of the molecule is CCCCc1ccc(-c2ccc3cc(-c4ccc(NC(C)=O)cc4)[nH]c3c2F)cc1. The summed E-state index contributed by atoms with van der Waals surface area (Å²) in [5.41, 5.74) is 5.77. The second-order valence-electron chi connectivity index (χ2n) is 7.63. The quantitative estimate of drug-likeness (QED) is 0.362. The summed E-state index contributed by atoms with van der Waals surface area (Å²) in [6.45, 7) is 3.66. The van der Waals surface area contributed by atoms with E-state index in [1.165, 1.54) is 12.5 Å². The van der Waals surface area contributed by atoms with Gasteiger partial charge in [0.25, 0.3) is 0 Å². The highest BCUT2D eigenvalue weighted by molar-refractivity contribution is 5.91. The van der Waals surface area contributed by atoms with Gasteiger partial charge in [-0.15, -0.1) is 0 Å². The summed E-state index contributed by atoms with van der Waals surface area (Å²) in [6.07, 6.45) is 3.38. The van der Waals surface area contributed by atoms with E-state index in [9.17, 15) is 4.79 Å². The van der Waals surface area contributed by atoms with Crippen molar-refractivity contribution in [2.75, 3.05) is 5.32 Å². The summed E-state index contributed by atoms with van der Waals surface area (Å²) >= 11 is 0. The number of carbonyl (C=O) groups excluding carboxylic acids is 1. The minimum absolute atomic E-state index is 0.110. The van der Waals surface area contributed by atoms with Crippen molar-refractivity contribution in [2.24, 2.45) is 0 Å². The van der Waals surface area contributed by atoms with Crippen molar-refractivity contribution in [3.8, 4) is 22.4 Å². The molecule has 0 saturated heterocycles. The fourth-order valence-corrected chi connectivity index (χ4v) is 3.71.